The minimum absolute atomic E-state index is 0.343. The maximum Gasteiger partial charge on any atom is 0.275 e. The summed E-state index contributed by atoms with van der Waals surface area (Å²) in [7, 11) is 1.77. The molecule has 0 radical (unpaired) electrons. The number of oxime groups is 1. The summed E-state index contributed by atoms with van der Waals surface area (Å²) in [6.45, 7) is 3.57. The number of rotatable bonds is 4. The summed E-state index contributed by atoms with van der Waals surface area (Å²) < 4.78 is 1.64. The molecule has 2 N–H and O–H groups in total. The van der Waals surface area contributed by atoms with E-state index in [0.29, 0.717) is 17.0 Å². The fraction of sp³-hybridized carbons (Fsp3) is 0.200. The van der Waals surface area contributed by atoms with E-state index in [9.17, 15) is 4.79 Å². The molecule has 0 saturated carbocycles. The second-order valence-electron chi connectivity index (χ2n) is 4.72. The first-order valence-corrected chi connectivity index (χ1v) is 6.65. The molecule has 0 bridgehead atoms. The average Bonchev–Trinajstić information content (AvgIpc) is 2.77. The Balaban J connectivity index is 2.26. The number of carbonyl (C=O) groups is 1. The van der Waals surface area contributed by atoms with E-state index in [4.69, 9.17) is 5.21 Å². The van der Waals surface area contributed by atoms with Crippen LogP contribution in [0, 0.1) is 13.8 Å². The highest BCUT2D eigenvalue weighted by atomic mass is 16.4. The summed E-state index contributed by atoms with van der Waals surface area (Å²) in [5.74, 6) is -0.358. The van der Waals surface area contributed by atoms with Crippen molar-refractivity contribution < 1.29 is 10.0 Å². The van der Waals surface area contributed by atoms with Crippen LogP contribution < -0.4 is 5.43 Å². The number of aryl methyl sites for hydroxylation is 2. The van der Waals surface area contributed by atoms with Crippen LogP contribution in [0.3, 0.4) is 0 Å². The lowest BCUT2D eigenvalue weighted by molar-refractivity contribution is 0.0953. The van der Waals surface area contributed by atoms with Gasteiger partial charge in [0.1, 0.15) is 5.71 Å². The van der Waals surface area contributed by atoms with Gasteiger partial charge in [-0.05, 0) is 13.8 Å². The van der Waals surface area contributed by atoms with E-state index in [1.54, 1.807) is 30.8 Å². The van der Waals surface area contributed by atoms with Crippen molar-refractivity contribution in [2.24, 2.45) is 17.3 Å². The van der Waals surface area contributed by atoms with Crippen LogP contribution in [0.25, 0.3) is 0 Å². The predicted molar refractivity (Wildman–Crippen MR) is 83.4 cm³/mol. The van der Waals surface area contributed by atoms with Gasteiger partial charge in [-0.3, -0.25) is 9.48 Å². The highest BCUT2D eigenvalue weighted by Crippen LogP contribution is 2.11. The Morgan fingerprint density at radius 1 is 1.32 bits per heavy atom. The molecule has 0 aliphatic carbocycles. The van der Waals surface area contributed by atoms with Crippen molar-refractivity contribution in [3.63, 3.8) is 0 Å². The smallest absolute Gasteiger partial charge is 0.275 e. The molecule has 0 saturated heterocycles. The molecule has 0 aliphatic heterocycles. The summed E-state index contributed by atoms with van der Waals surface area (Å²) >= 11 is 0. The van der Waals surface area contributed by atoms with E-state index in [1.165, 1.54) is 6.21 Å². The topological polar surface area (TPSA) is 91.9 Å². The SMILES string of the molecule is Cc1nn(C)c(C)c1C(=O)NN=C(C=NO)c1ccccc1. The minimum Gasteiger partial charge on any atom is -0.411 e. The van der Waals surface area contributed by atoms with Gasteiger partial charge < -0.3 is 5.21 Å². The quantitative estimate of drug-likeness (QED) is 0.510. The van der Waals surface area contributed by atoms with Gasteiger partial charge in [0.25, 0.3) is 5.91 Å². The van der Waals surface area contributed by atoms with Crippen molar-refractivity contribution in [3.8, 4) is 0 Å². The monoisotopic (exact) mass is 299 g/mol. The lowest BCUT2D eigenvalue weighted by Gasteiger charge is -2.03. The molecular formula is C15H17N5O2. The summed E-state index contributed by atoms with van der Waals surface area (Å²) in [5, 5.41) is 19.9. The van der Waals surface area contributed by atoms with Crippen LogP contribution >= 0.6 is 0 Å². The summed E-state index contributed by atoms with van der Waals surface area (Å²) in [6.07, 6.45) is 1.17. The van der Waals surface area contributed by atoms with Gasteiger partial charge in [-0.1, -0.05) is 35.5 Å². The fourth-order valence-corrected chi connectivity index (χ4v) is 2.10. The van der Waals surface area contributed by atoms with Gasteiger partial charge in [-0.2, -0.15) is 10.2 Å². The highest BCUT2D eigenvalue weighted by molar-refractivity contribution is 6.38. The zero-order valence-electron chi connectivity index (χ0n) is 12.6. The molecule has 22 heavy (non-hydrogen) atoms. The van der Waals surface area contributed by atoms with Crippen LogP contribution in [0.2, 0.25) is 0 Å². The number of hydrogen-bond donors (Lipinski definition) is 2. The van der Waals surface area contributed by atoms with Gasteiger partial charge in [-0.15, -0.1) is 0 Å². The first-order chi connectivity index (χ1) is 10.5. The van der Waals surface area contributed by atoms with Crippen molar-refractivity contribution in [3.05, 3.63) is 52.8 Å². The lowest BCUT2D eigenvalue weighted by atomic mass is 10.1. The zero-order chi connectivity index (χ0) is 16.1. The first-order valence-electron chi connectivity index (χ1n) is 6.65. The molecule has 1 aromatic carbocycles. The highest BCUT2D eigenvalue weighted by Gasteiger charge is 2.17. The number of hydrazone groups is 1. The van der Waals surface area contributed by atoms with E-state index in [2.05, 4.69) is 20.8 Å². The number of amides is 1. The number of benzene rings is 1. The van der Waals surface area contributed by atoms with Crippen LogP contribution in [0.4, 0.5) is 0 Å². The Labute approximate surface area is 128 Å². The van der Waals surface area contributed by atoms with Gasteiger partial charge in [0, 0.05) is 18.3 Å². The standard InChI is InChI=1S/C15H17N5O2/c1-10-14(11(2)20(3)19-10)15(21)18-17-13(9-16-22)12-7-5-4-6-8-12/h4-9,22H,1-3H3,(H,18,21). The van der Waals surface area contributed by atoms with Crippen LogP contribution in [-0.2, 0) is 7.05 Å². The Hall–Kier alpha value is -2.96. The number of hydrogen-bond acceptors (Lipinski definition) is 5. The molecule has 7 nitrogen and oxygen atoms in total. The molecule has 0 atom stereocenters. The predicted octanol–water partition coefficient (Wildman–Crippen LogP) is 1.63. The van der Waals surface area contributed by atoms with Gasteiger partial charge in [-0.25, -0.2) is 5.43 Å². The zero-order valence-corrected chi connectivity index (χ0v) is 12.6. The molecular weight excluding hydrogens is 282 g/mol. The molecule has 0 unspecified atom stereocenters. The summed E-state index contributed by atoms with van der Waals surface area (Å²) in [5.41, 5.74) is 5.40. The molecule has 7 heteroatoms. The molecule has 1 amide bonds. The van der Waals surface area contributed by atoms with Crippen LogP contribution in [0.15, 0.2) is 40.6 Å². The normalized spacial score (nSPS) is 11.9. The molecule has 0 fully saturated rings. The maximum absolute atomic E-state index is 12.3. The number of nitrogens with one attached hydrogen (secondary N) is 1. The van der Waals surface area contributed by atoms with E-state index >= 15 is 0 Å². The van der Waals surface area contributed by atoms with Crippen molar-refractivity contribution in [2.45, 2.75) is 13.8 Å². The third-order valence-electron chi connectivity index (χ3n) is 3.26. The van der Waals surface area contributed by atoms with Crippen LogP contribution in [0.1, 0.15) is 27.3 Å². The molecule has 2 aromatic rings. The average molecular weight is 299 g/mol. The van der Waals surface area contributed by atoms with Gasteiger partial charge in [0.05, 0.1) is 17.5 Å². The fourth-order valence-electron chi connectivity index (χ4n) is 2.10. The van der Waals surface area contributed by atoms with E-state index in [1.807, 2.05) is 25.1 Å². The van der Waals surface area contributed by atoms with Crippen molar-refractivity contribution in [1.82, 2.24) is 15.2 Å². The molecule has 1 heterocycles. The van der Waals surface area contributed by atoms with E-state index in [0.717, 1.165) is 11.3 Å². The number of nitrogens with zero attached hydrogens (tertiary/aromatic N) is 4. The third-order valence-corrected chi connectivity index (χ3v) is 3.26. The second kappa shape index (κ2) is 6.66. The third kappa shape index (κ3) is 3.20. The van der Waals surface area contributed by atoms with Crippen LogP contribution in [-0.4, -0.2) is 32.8 Å². The second-order valence-corrected chi connectivity index (χ2v) is 4.72. The van der Waals surface area contributed by atoms with E-state index in [-0.39, 0.29) is 5.91 Å². The van der Waals surface area contributed by atoms with Gasteiger partial charge in [0.15, 0.2) is 0 Å². The van der Waals surface area contributed by atoms with Crippen molar-refractivity contribution >= 4 is 17.8 Å². The van der Waals surface area contributed by atoms with Crippen molar-refractivity contribution in [1.29, 1.82) is 0 Å². The van der Waals surface area contributed by atoms with E-state index < -0.39 is 0 Å². The Bertz CT molecular complexity index is 732. The Kier molecular flexibility index (Phi) is 4.67. The minimum atomic E-state index is -0.358. The summed E-state index contributed by atoms with van der Waals surface area (Å²) in [4.78, 5) is 12.3. The molecule has 0 spiro atoms. The molecule has 2 rings (SSSR count). The summed E-state index contributed by atoms with van der Waals surface area (Å²) in [6, 6.07) is 9.11. The van der Waals surface area contributed by atoms with Crippen LogP contribution in [0.5, 0.6) is 0 Å². The van der Waals surface area contributed by atoms with Gasteiger partial charge in [0.2, 0.25) is 0 Å². The molecule has 1 aromatic heterocycles. The first kappa shape index (κ1) is 15.4. The molecule has 114 valence electrons. The van der Waals surface area contributed by atoms with Gasteiger partial charge >= 0.3 is 0 Å². The van der Waals surface area contributed by atoms with Crippen molar-refractivity contribution in [2.75, 3.05) is 0 Å². The Morgan fingerprint density at radius 2 is 2.00 bits per heavy atom. The maximum atomic E-state index is 12.3. The number of carbonyl (C=O) groups excluding carboxylic acids is 1. The Morgan fingerprint density at radius 3 is 2.55 bits per heavy atom. The number of aromatic nitrogens is 2. The largest absolute Gasteiger partial charge is 0.411 e. The molecule has 0 aliphatic rings. The lowest BCUT2D eigenvalue weighted by Crippen LogP contribution is -2.22.